The predicted molar refractivity (Wildman–Crippen MR) is 121 cm³/mol. The van der Waals surface area contributed by atoms with Gasteiger partial charge in [-0.3, -0.25) is 0 Å². The Kier molecular flexibility index (Phi) is 5.26. The zero-order valence-electron chi connectivity index (χ0n) is 16.1. The van der Waals surface area contributed by atoms with E-state index in [1.54, 1.807) is 17.5 Å². The maximum atomic E-state index is 6.15. The molecule has 3 heterocycles. The van der Waals surface area contributed by atoms with Gasteiger partial charge in [-0.15, -0.1) is 11.3 Å². The summed E-state index contributed by atoms with van der Waals surface area (Å²) in [6.45, 7) is 1.70. The van der Waals surface area contributed by atoms with Crippen molar-refractivity contribution in [3.63, 3.8) is 0 Å². The van der Waals surface area contributed by atoms with E-state index in [-0.39, 0.29) is 0 Å². The molecule has 0 bridgehead atoms. The molecule has 0 fully saturated rings. The van der Waals surface area contributed by atoms with Crippen molar-refractivity contribution in [3.05, 3.63) is 88.5 Å². The molecule has 0 saturated carbocycles. The first kappa shape index (κ1) is 18.9. The fourth-order valence-corrected chi connectivity index (χ4v) is 4.55. The van der Waals surface area contributed by atoms with Gasteiger partial charge in [-0.2, -0.15) is 0 Å². The largest absolute Gasteiger partial charge is 0.454 e. The molecule has 0 amide bonds. The number of furan rings is 1. The van der Waals surface area contributed by atoms with Gasteiger partial charge in [-0.1, -0.05) is 35.9 Å². The van der Waals surface area contributed by atoms with Crippen molar-refractivity contribution >= 4 is 39.6 Å². The van der Waals surface area contributed by atoms with Crippen LogP contribution in [0.15, 0.2) is 88.1 Å². The molecule has 7 heteroatoms. The fourth-order valence-electron chi connectivity index (χ4n) is 3.43. The minimum Gasteiger partial charge on any atom is -0.454 e. The van der Waals surface area contributed by atoms with Gasteiger partial charge in [0.2, 0.25) is 0 Å². The second kappa shape index (κ2) is 8.34. The van der Waals surface area contributed by atoms with Crippen molar-refractivity contribution in [2.75, 3.05) is 0 Å². The maximum absolute atomic E-state index is 6.15. The molecule has 3 aromatic heterocycles. The molecule has 0 radical (unpaired) electrons. The molecule has 0 spiro atoms. The molecule has 0 atom stereocenters. The summed E-state index contributed by atoms with van der Waals surface area (Å²) in [5.41, 5.74) is 2.75. The number of imidazole rings is 1. The third-order valence-corrected chi connectivity index (χ3v) is 5.96. The first-order valence-corrected chi connectivity index (χ1v) is 11.0. The molecule has 0 aliphatic heterocycles. The van der Waals surface area contributed by atoms with Crippen LogP contribution in [0, 0.1) is 0 Å². The van der Waals surface area contributed by atoms with Crippen LogP contribution in [0.3, 0.4) is 0 Å². The lowest BCUT2D eigenvalue weighted by Crippen LogP contribution is -2.17. The maximum Gasteiger partial charge on any atom is 0.190 e. The van der Waals surface area contributed by atoms with E-state index in [0.29, 0.717) is 5.02 Å². The van der Waals surface area contributed by atoms with Crippen molar-refractivity contribution < 1.29 is 4.42 Å². The van der Waals surface area contributed by atoms with E-state index in [4.69, 9.17) is 21.0 Å². The molecular weight excluding hydrogens is 416 g/mol. The Hall–Kier alpha value is -3.09. The second-order valence-electron chi connectivity index (χ2n) is 6.95. The van der Waals surface area contributed by atoms with Gasteiger partial charge < -0.3 is 13.6 Å². The molecule has 5 aromatic rings. The molecule has 0 unspecified atom stereocenters. The highest BCUT2D eigenvalue weighted by Crippen LogP contribution is 2.28. The van der Waals surface area contributed by atoms with E-state index in [0.717, 1.165) is 52.4 Å². The number of aromatic nitrogens is 3. The van der Waals surface area contributed by atoms with Crippen LogP contribution in [0.1, 0.15) is 6.42 Å². The Labute approximate surface area is 182 Å². The summed E-state index contributed by atoms with van der Waals surface area (Å²) in [5, 5.41) is 3.88. The number of nitrogens with zero attached hydrogens (tertiary/aromatic N) is 4. The normalized spacial score (nSPS) is 12.1. The summed E-state index contributed by atoms with van der Waals surface area (Å²) >= 11 is 7.75. The van der Waals surface area contributed by atoms with Crippen molar-refractivity contribution in [1.82, 2.24) is 14.1 Å². The lowest BCUT2D eigenvalue weighted by molar-refractivity contribution is 0.549. The van der Waals surface area contributed by atoms with Crippen molar-refractivity contribution in [2.24, 2.45) is 4.99 Å². The monoisotopic (exact) mass is 434 g/mol. The van der Waals surface area contributed by atoms with Crippen LogP contribution in [0.2, 0.25) is 5.02 Å². The highest BCUT2D eigenvalue weighted by Gasteiger charge is 2.13. The molecule has 0 aliphatic carbocycles. The van der Waals surface area contributed by atoms with Gasteiger partial charge in [-0.25, -0.2) is 9.98 Å². The van der Waals surface area contributed by atoms with E-state index in [2.05, 4.69) is 31.6 Å². The van der Waals surface area contributed by atoms with Crippen molar-refractivity contribution in [3.8, 4) is 11.5 Å². The number of aryl methyl sites for hydroxylation is 1. The Balaban J connectivity index is 1.54. The van der Waals surface area contributed by atoms with Gasteiger partial charge in [0, 0.05) is 41.3 Å². The Morgan fingerprint density at radius 3 is 2.83 bits per heavy atom. The van der Waals surface area contributed by atoms with Crippen LogP contribution < -0.4 is 4.80 Å². The third kappa shape index (κ3) is 3.97. The molecule has 30 heavy (non-hydrogen) atoms. The summed E-state index contributed by atoms with van der Waals surface area (Å²) in [7, 11) is 0. The summed E-state index contributed by atoms with van der Waals surface area (Å²) in [6.07, 6.45) is 6.58. The number of hydrogen-bond acceptors (Lipinski definition) is 4. The van der Waals surface area contributed by atoms with Gasteiger partial charge in [-0.05, 0) is 36.8 Å². The second-order valence-corrected chi connectivity index (χ2v) is 8.22. The third-order valence-electron chi connectivity index (χ3n) is 4.87. The van der Waals surface area contributed by atoms with Gasteiger partial charge in [0.05, 0.1) is 17.7 Å². The Bertz CT molecular complexity index is 1310. The standard InChI is InChI=1S/C23H19ClN4OS/c24-18-6-3-7-19(14-18)26-23-28(11-4-10-27-12-9-25-16-27)20(15-30-23)22-13-17-5-1-2-8-21(17)29-22/h1-3,5-9,12-16H,4,10-11H2. The molecule has 5 rings (SSSR count). The summed E-state index contributed by atoms with van der Waals surface area (Å²) in [6, 6.07) is 17.8. The molecule has 0 aliphatic rings. The van der Waals surface area contributed by atoms with Crippen LogP contribution in [-0.4, -0.2) is 14.1 Å². The molecule has 150 valence electrons. The Morgan fingerprint density at radius 2 is 2.00 bits per heavy atom. The van der Waals surface area contributed by atoms with Crippen LogP contribution in [0.4, 0.5) is 5.69 Å². The fraction of sp³-hybridized carbons (Fsp3) is 0.130. The average Bonchev–Trinajstić information content (AvgIpc) is 3.48. The van der Waals surface area contributed by atoms with Gasteiger partial charge in [0.15, 0.2) is 10.6 Å². The summed E-state index contributed by atoms with van der Waals surface area (Å²) in [4.78, 5) is 9.89. The Morgan fingerprint density at radius 1 is 1.07 bits per heavy atom. The molecule has 0 N–H and O–H groups in total. The zero-order valence-corrected chi connectivity index (χ0v) is 17.7. The summed E-state index contributed by atoms with van der Waals surface area (Å²) in [5.74, 6) is 0.850. The molecular formula is C23H19ClN4OS. The zero-order chi connectivity index (χ0) is 20.3. The van der Waals surface area contributed by atoms with E-state index in [9.17, 15) is 0 Å². The molecule has 0 saturated heterocycles. The van der Waals surface area contributed by atoms with Gasteiger partial charge in [0.1, 0.15) is 5.58 Å². The van der Waals surface area contributed by atoms with Crippen LogP contribution in [0.25, 0.3) is 22.4 Å². The van der Waals surface area contributed by atoms with Crippen molar-refractivity contribution in [1.29, 1.82) is 0 Å². The number of rotatable bonds is 6. The van der Waals surface area contributed by atoms with Crippen LogP contribution in [-0.2, 0) is 13.1 Å². The van der Waals surface area contributed by atoms with E-state index in [1.165, 1.54) is 0 Å². The topological polar surface area (TPSA) is 48.2 Å². The van der Waals surface area contributed by atoms with Crippen molar-refractivity contribution in [2.45, 2.75) is 19.5 Å². The highest BCUT2D eigenvalue weighted by molar-refractivity contribution is 7.07. The van der Waals surface area contributed by atoms with E-state index in [1.807, 2.05) is 55.0 Å². The number of halogens is 1. The first-order chi connectivity index (χ1) is 14.8. The minimum atomic E-state index is 0.678. The lowest BCUT2D eigenvalue weighted by atomic mass is 10.2. The van der Waals surface area contributed by atoms with E-state index < -0.39 is 0 Å². The number of hydrogen-bond donors (Lipinski definition) is 0. The smallest absolute Gasteiger partial charge is 0.190 e. The SMILES string of the molecule is Clc1cccc(N=c2scc(-c3cc4ccccc4o3)n2CCCn2ccnc2)c1. The number of para-hydroxylation sites is 1. The number of fused-ring (bicyclic) bond motifs is 1. The average molecular weight is 435 g/mol. The van der Waals surface area contributed by atoms with E-state index >= 15 is 0 Å². The number of benzene rings is 2. The predicted octanol–water partition coefficient (Wildman–Crippen LogP) is 6.14. The molecule has 5 nitrogen and oxygen atoms in total. The number of thiazole rings is 1. The summed E-state index contributed by atoms with van der Waals surface area (Å²) < 4.78 is 10.4. The van der Waals surface area contributed by atoms with Crippen LogP contribution in [0.5, 0.6) is 0 Å². The quantitative estimate of drug-likeness (QED) is 0.322. The van der Waals surface area contributed by atoms with Crippen LogP contribution >= 0.6 is 22.9 Å². The molecule has 2 aromatic carbocycles. The minimum absolute atomic E-state index is 0.678. The highest BCUT2D eigenvalue weighted by atomic mass is 35.5. The first-order valence-electron chi connectivity index (χ1n) is 9.69. The van der Waals surface area contributed by atoms with Gasteiger partial charge in [0.25, 0.3) is 0 Å². The lowest BCUT2D eigenvalue weighted by Gasteiger charge is -2.08. The van der Waals surface area contributed by atoms with Gasteiger partial charge >= 0.3 is 0 Å².